The van der Waals surface area contributed by atoms with Gasteiger partial charge in [0, 0.05) is 11.8 Å². The van der Waals surface area contributed by atoms with Gasteiger partial charge in [-0.3, -0.25) is 0 Å². The molecule has 1 aromatic rings. The lowest BCUT2D eigenvalue weighted by molar-refractivity contribution is 0.531. The zero-order valence-corrected chi connectivity index (χ0v) is 9.18. The first kappa shape index (κ1) is 9.93. The maximum atomic E-state index is 4.16. The van der Waals surface area contributed by atoms with Crippen molar-refractivity contribution in [3.05, 3.63) is 17.8 Å². The molecule has 1 saturated heterocycles. The molecule has 2 rings (SSSR count). The van der Waals surface area contributed by atoms with E-state index in [4.69, 9.17) is 0 Å². The molecule has 0 aromatic carbocycles. The summed E-state index contributed by atoms with van der Waals surface area (Å²) in [4.78, 5) is 0. The van der Waals surface area contributed by atoms with Crippen LogP contribution in [-0.4, -0.2) is 28.5 Å². The summed E-state index contributed by atoms with van der Waals surface area (Å²) in [6, 6.07) is 4.08. The normalized spacial score (nSPS) is 22.2. The molecular weight excluding hydrogens is 194 g/mol. The molecule has 0 saturated carbocycles. The second kappa shape index (κ2) is 4.75. The Morgan fingerprint density at radius 2 is 2.36 bits per heavy atom. The number of hydrogen-bond acceptors (Lipinski definition) is 4. The third kappa shape index (κ3) is 2.69. The Balaban J connectivity index is 1.92. The summed E-state index contributed by atoms with van der Waals surface area (Å²) in [5, 5.41) is 13.3. The van der Waals surface area contributed by atoms with Crippen LogP contribution in [0.5, 0.6) is 0 Å². The predicted molar refractivity (Wildman–Crippen MR) is 58.5 cm³/mol. The second-order valence-corrected chi connectivity index (χ2v) is 4.92. The molecule has 1 N–H and O–H groups in total. The van der Waals surface area contributed by atoms with Gasteiger partial charge in [-0.25, -0.2) is 0 Å². The molecule has 1 aliphatic heterocycles. The largest absolute Gasteiger partial charge is 0.316 e. The van der Waals surface area contributed by atoms with Crippen LogP contribution in [0.15, 0.2) is 17.2 Å². The minimum atomic E-state index is 0.667. The van der Waals surface area contributed by atoms with E-state index in [0.29, 0.717) is 5.25 Å². The van der Waals surface area contributed by atoms with Gasteiger partial charge in [0.05, 0.1) is 5.69 Å². The van der Waals surface area contributed by atoms with Gasteiger partial charge in [0.2, 0.25) is 0 Å². The highest BCUT2D eigenvalue weighted by atomic mass is 32.2. The Labute approximate surface area is 88.7 Å². The van der Waals surface area contributed by atoms with E-state index in [1.807, 2.05) is 24.8 Å². The Morgan fingerprint density at radius 3 is 3.00 bits per heavy atom. The lowest BCUT2D eigenvalue weighted by Gasteiger charge is -2.21. The number of nitrogens with zero attached hydrogens (tertiary/aromatic N) is 2. The number of nitrogens with one attached hydrogen (secondary N) is 1. The molecule has 14 heavy (non-hydrogen) atoms. The minimum absolute atomic E-state index is 0.667. The molecule has 1 aliphatic rings. The second-order valence-electron chi connectivity index (χ2n) is 3.60. The molecule has 0 radical (unpaired) electrons. The fourth-order valence-electron chi connectivity index (χ4n) is 1.54. The predicted octanol–water partition coefficient (Wildman–Crippen LogP) is 1.63. The van der Waals surface area contributed by atoms with Crippen LogP contribution in [-0.2, 0) is 0 Å². The molecule has 1 atom stereocenters. The van der Waals surface area contributed by atoms with Gasteiger partial charge in [-0.1, -0.05) is 11.8 Å². The van der Waals surface area contributed by atoms with Gasteiger partial charge >= 0.3 is 0 Å². The molecule has 4 heteroatoms. The molecule has 2 heterocycles. The van der Waals surface area contributed by atoms with Gasteiger partial charge in [-0.05, 0) is 38.4 Å². The van der Waals surface area contributed by atoms with E-state index in [2.05, 4.69) is 21.6 Å². The maximum absolute atomic E-state index is 4.16. The molecule has 1 unspecified atom stereocenters. The Kier molecular flexibility index (Phi) is 3.37. The standard InChI is InChI=1S/C10H15N3S/c1-8-4-5-10(13-12-8)14-9-3-2-6-11-7-9/h4-5,9,11H,2-3,6-7H2,1H3. The summed E-state index contributed by atoms with van der Waals surface area (Å²) in [6.07, 6.45) is 2.56. The zero-order valence-electron chi connectivity index (χ0n) is 8.36. The van der Waals surface area contributed by atoms with Crippen molar-refractivity contribution >= 4 is 11.8 Å². The quantitative estimate of drug-likeness (QED) is 0.803. The summed E-state index contributed by atoms with van der Waals surface area (Å²) < 4.78 is 0. The number of thioether (sulfide) groups is 1. The van der Waals surface area contributed by atoms with Gasteiger partial charge in [0.25, 0.3) is 0 Å². The lowest BCUT2D eigenvalue weighted by atomic mass is 10.2. The maximum Gasteiger partial charge on any atom is 0.119 e. The Hall–Kier alpha value is -0.610. The van der Waals surface area contributed by atoms with E-state index < -0.39 is 0 Å². The first-order valence-electron chi connectivity index (χ1n) is 5.02. The van der Waals surface area contributed by atoms with E-state index in [1.165, 1.54) is 12.8 Å². The van der Waals surface area contributed by atoms with Crippen LogP contribution in [0.4, 0.5) is 0 Å². The van der Waals surface area contributed by atoms with E-state index in [1.54, 1.807) is 0 Å². The molecule has 76 valence electrons. The first-order chi connectivity index (χ1) is 6.84. The molecular formula is C10H15N3S. The third-order valence-electron chi connectivity index (χ3n) is 2.31. The number of aryl methyl sites for hydroxylation is 1. The van der Waals surface area contributed by atoms with Crippen molar-refractivity contribution in [2.45, 2.75) is 30.0 Å². The van der Waals surface area contributed by atoms with Crippen molar-refractivity contribution in [3.8, 4) is 0 Å². The van der Waals surface area contributed by atoms with Crippen LogP contribution in [0.2, 0.25) is 0 Å². The van der Waals surface area contributed by atoms with Crippen LogP contribution in [0.25, 0.3) is 0 Å². The molecule has 0 amide bonds. The Morgan fingerprint density at radius 1 is 1.43 bits per heavy atom. The average molecular weight is 209 g/mol. The topological polar surface area (TPSA) is 37.8 Å². The van der Waals surface area contributed by atoms with Crippen molar-refractivity contribution < 1.29 is 0 Å². The molecule has 3 nitrogen and oxygen atoms in total. The SMILES string of the molecule is Cc1ccc(SC2CCCNC2)nn1. The van der Waals surface area contributed by atoms with E-state index in [9.17, 15) is 0 Å². The van der Waals surface area contributed by atoms with Crippen molar-refractivity contribution in [1.82, 2.24) is 15.5 Å². The van der Waals surface area contributed by atoms with Crippen LogP contribution in [0.3, 0.4) is 0 Å². The number of aromatic nitrogens is 2. The number of hydrogen-bond donors (Lipinski definition) is 1. The summed E-state index contributed by atoms with van der Waals surface area (Å²) in [5.41, 5.74) is 0.983. The lowest BCUT2D eigenvalue weighted by Crippen LogP contribution is -2.31. The van der Waals surface area contributed by atoms with Crippen LogP contribution in [0.1, 0.15) is 18.5 Å². The van der Waals surface area contributed by atoms with Gasteiger partial charge in [0.15, 0.2) is 0 Å². The molecule has 0 bridgehead atoms. The smallest absolute Gasteiger partial charge is 0.119 e. The molecule has 1 aromatic heterocycles. The fraction of sp³-hybridized carbons (Fsp3) is 0.600. The summed E-state index contributed by atoms with van der Waals surface area (Å²) in [5.74, 6) is 0. The molecule has 0 spiro atoms. The molecule has 1 fully saturated rings. The third-order valence-corrected chi connectivity index (χ3v) is 3.51. The van der Waals surface area contributed by atoms with Crippen molar-refractivity contribution in [1.29, 1.82) is 0 Å². The molecule has 0 aliphatic carbocycles. The van der Waals surface area contributed by atoms with Crippen molar-refractivity contribution in [2.75, 3.05) is 13.1 Å². The summed E-state index contributed by atoms with van der Waals surface area (Å²) in [7, 11) is 0. The fourth-order valence-corrected chi connectivity index (χ4v) is 2.60. The monoisotopic (exact) mass is 209 g/mol. The number of piperidine rings is 1. The van der Waals surface area contributed by atoms with Gasteiger partial charge in [-0.2, -0.15) is 5.10 Å². The van der Waals surface area contributed by atoms with E-state index in [0.717, 1.165) is 23.8 Å². The minimum Gasteiger partial charge on any atom is -0.316 e. The van der Waals surface area contributed by atoms with E-state index >= 15 is 0 Å². The van der Waals surface area contributed by atoms with Gasteiger partial charge in [0.1, 0.15) is 5.03 Å². The van der Waals surface area contributed by atoms with E-state index in [-0.39, 0.29) is 0 Å². The highest BCUT2D eigenvalue weighted by Crippen LogP contribution is 2.24. The first-order valence-corrected chi connectivity index (χ1v) is 5.90. The van der Waals surface area contributed by atoms with Gasteiger partial charge in [-0.15, -0.1) is 5.10 Å². The summed E-state index contributed by atoms with van der Waals surface area (Å²) >= 11 is 1.84. The highest BCUT2D eigenvalue weighted by molar-refractivity contribution is 7.99. The van der Waals surface area contributed by atoms with Crippen molar-refractivity contribution in [3.63, 3.8) is 0 Å². The van der Waals surface area contributed by atoms with Crippen LogP contribution >= 0.6 is 11.8 Å². The summed E-state index contributed by atoms with van der Waals surface area (Å²) in [6.45, 7) is 4.22. The average Bonchev–Trinajstić information content (AvgIpc) is 2.23. The van der Waals surface area contributed by atoms with Crippen molar-refractivity contribution in [2.24, 2.45) is 0 Å². The Bertz CT molecular complexity index is 280. The van der Waals surface area contributed by atoms with Gasteiger partial charge < -0.3 is 5.32 Å². The highest BCUT2D eigenvalue weighted by Gasteiger charge is 2.14. The zero-order chi connectivity index (χ0) is 9.80. The van der Waals surface area contributed by atoms with Crippen LogP contribution in [0, 0.1) is 6.92 Å². The van der Waals surface area contributed by atoms with Crippen LogP contribution < -0.4 is 5.32 Å². The number of rotatable bonds is 2.